The predicted molar refractivity (Wildman–Crippen MR) is 63.4 cm³/mol. The minimum absolute atomic E-state index is 0.355. The summed E-state index contributed by atoms with van der Waals surface area (Å²) in [7, 11) is 0. The average molecular weight is 236 g/mol. The molecule has 0 aliphatic heterocycles. The number of aromatic nitrogens is 1. The topological polar surface area (TPSA) is 79.3 Å². The Morgan fingerprint density at radius 2 is 2.00 bits per heavy atom. The molecule has 1 aromatic heterocycles. The summed E-state index contributed by atoms with van der Waals surface area (Å²) in [4.78, 5) is 26.9. The van der Waals surface area contributed by atoms with Crippen LogP contribution in [0.3, 0.4) is 0 Å². The number of carbonyl (C=O) groups excluding carboxylic acids is 1. The van der Waals surface area contributed by atoms with Gasteiger partial charge < -0.3 is 10.4 Å². The third-order valence-corrected chi connectivity index (χ3v) is 2.29. The SMILES string of the molecule is CC(C)(C)C(C(=O)O)C(=O)Nc1ccccn1. The van der Waals surface area contributed by atoms with Crippen LogP contribution in [0.15, 0.2) is 24.4 Å². The molecule has 1 unspecified atom stereocenters. The number of nitrogens with zero attached hydrogens (tertiary/aromatic N) is 1. The van der Waals surface area contributed by atoms with Gasteiger partial charge in [0.05, 0.1) is 0 Å². The molecule has 1 rings (SSSR count). The van der Waals surface area contributed by atoms with Gasteiger partial charge in [0.1, 0.15) is 11.7 Å². The van der Waals surface area contributed by atoms with Gasteiger partial charge in [-0.2, -0.15) is 0 Å². The van der Waals surface area contributed by atoms with Crippen LogP contribution in [0.5, 0.6) is 0 Å². The van der Waals surface area contributed by atoms with E-state index in [0.717, 1.165) is 0 Å². The Balaban J connectivity index is 2.84. The van der Waals surface area contributed by atoms with Crippen molar-refractivity contribution in [3.63, 3.8) is 0 Å². The van der Waals surface area contributed by atoms with E-state index < -0.39 is 23.2 Å². The van der Waals surface area contributed by atoms with Crippen LogP contribution in [0.4, 0.5) is 5.82 Å². The maximum atomic E-state index is 11.9. The Morgan fingerprint density at radius 1 is 1.35 bits per heavy atom. The van der Waals surface area contributed by atoms with Crippen LogP contribution in [-0.4, -0.2) is 22.0 Å². The lowest BCUT2D eigenvalue weighted by atomic mass is 9.80. The van der Waals surface area contributed by atoms with Crippen molar-refractivity contribution in [2.24, 2.45) is 11.3 Å². The van der Waals surface area contributed by atoms with Crippen molar-refractivity contribution in [3.8, 4) is 0 Å². The quantitative estimate of drug-likeness (QED) is 0.784. The molecule has 0 aromatic carbocycles. The summed E-state index contributed by atoms with van der Waals surface area (Å²) in [5, 5.41) is 11.6. The van der Waals surface area contributed by atoms with E-state index in [1.165, 1.54) is 6.20 Å². The van der Waals surface area contributed by atoms with Gasteiger partial charge in [-0.25, -0.2) is 4.98 Å². The first-order chi connectivity index (χ1) is 7.82. The molecule has 17 heavy (non-hydrogen) atoms. The summed E-state index contributed by atoms with van der Waals surface area (Å²) >= 11 is 0. The van der Waals surface area contributed by atoms with Crippen molar-refractivity contribution in [3.05, 3.63) is 24.4 Å². The molecule has 0 spiro atoms. The van der Waals surface area contributed by atoms with Crippen molar-refractivity contribution in [1.82, 2.24) is 4.98 Å². The second kappa shape index (κ2) is 4.95. The number of carboxylic acid groups (broad SMARTS) is 1. The van der Waals surface area contributed by atoms with Crippen LogP contribution >= 0.6 is 0 Å². The smallest absolute Gasteiger partial charge is 0.316 e. The van der Waals surface area contributed by atoms with E-state index >= 15 is 0 Å². The van der Waals surface area contributed by atoms with Gasteiger partial charge in [0.2, 0.25) is 5.91 Å². The largest absolute Gasteiger partial charge is 0.481 e. The fraction of sp³-hybridized carbons (Fsp3) is 0.417. The fourth-order valence-electron chi connectivity index (χ4n) is 1.51. The van der Waals surface area contributed by atoms with Crippen molar-refractivity contribution in [2.75, 3.05) is 5.32 Å². The Labute approximate surface area is 99.9 Å². The zero-order chi connectivity index (χ0) is 13.1. The zero-order valence-electron chi connectivity index (χ0n) is 10.1. The third kappa shape index (κ3) is 3.55. The van der Waals surface area contributed by atoms with Crippen LogP contribution in [0.25, 0.3) is 0 Å². The average Bonchev–Trinajstić information content (AvgIpc) is 2.15. The number of hydrogen-bond donors (Lipinski definition) is 2. The van der Waals surface area contributed by atoms with Gasteiger partial charge in [-0.3, -0.25) is 9.59 Å². The van der Waals surface area contributed by atoms with E-state index in [4.69, 9.17) is 5.11 Å². The van der Waals surface area contributed by atoms with E-state index in [1.807, 2.05) is 0 Å². The van der Waals surface area contributed by atoms with Crippen LogP contribution in [0.2, 0.25) is 0 Å². The number of anilines is 1. The normalized spacial score (nSPS) is 12.9. The van der Waals surface area contributed by atoms with Crippen molar-refractivity contribution in [2.45, 2.75) is 20.8 Å². The molecule has 0 aliphatic rings. The Kier molecular flexibility index (Phi) is 3.83. The zero-order valence-corrected chi connectivity index (χ0v) is 10.1. The maximum absolute atomic E-state index is 11.9. The van der Waals surface area contributed by atoms with E-state index in [9.17, 15) is 9.59 Å². The van der Waals surface area contributed by atoms with Crippen molar-refractivity contribution < 1.29 is 14.7 Å². The van der Waals surface area contributed by atoms with Gasteiger partial charge in [0.25, 0.3) is 0 Å². The van der Waals surface area contributed by atoms with Gasteiger partial charge in [-0.15, -0.1) is 0 Å². The van der Waals surface area contributed by atoms with Gasteiger partial charge >= 0.3 is 5.97 Å². The number of pyridine rings is 1. The van der Waals surface area contributed by atoms with E-state index in [2.05, 4.69) is 10.3 Å². The molecule has 92 valence electrons. The summed E-state index contributed by atoms with van der Waals surface area (Å²) < 4.78 is 0. The highest BCUT2D eigenvalue weighted by Gasteiger charge is 2.37. The second-order valence-electron chi connectivity index (χ2n) is 4.84. The highest BCUT2D eigenvalue weighted by molar-refractivity contribution is 6.04. The molecule has 1 atom stereocenters. The molecule has 1 amide bonds. The lowest BCUT2D eigenvalue weighted by molar-refractivity contribution is -0.149. The molecule has 0 saturated heterocycles. The monoisotopic (exact) mass is 236 g/mol. The molecule has 0 radical (unpaired) electrons. The lowest BCUT2D eigenvalue weighted by Crippen LogP contribution is -2.39. The first kappa shape index (κ1) is 13.2. The summed E-state index contributed by atoms with van der Waals surface area (Å²) in [6.07, 6.45) is 1.53. The fourth-order valence-corrected chi connectivity index (χ4v) is 1.51. The maximum Gasteiger partial charge on any atom is 0.316 e. The molecule has 0 fully saturated rings. The van der Waals surface area contributed by atoms with Crippen LogP contribution < -0.4 is 5.32 Å². The first-order valence-electron chi connectivity index (χ1n) is 5.27. The van der Waals surface area contributed by atoms with E-state index in [-0.39, 0.29) is 0 Å². The number of carboxylic acids is 1. The van der Waals surface area contributed by atoms with Gasteiger partial charge in [-0.05, 0) is 17.5 Å². The van der Waals surface area contributed by atoms with E-state index in [1.54, 1.807) is 39.0 Å². The molecular weight excluding hydrogens is 220 g/mol. The van der Waals surface area contributed by atoms with E-state index in [0.29, 0.717) is 5.82 Å². The Hall–Kier alpha value is -1.91. The van der Waals surface area contributed by atoms with Crippen LogP contribution in [-0.2, 0) is 9.59 Å². The minimum atomic E-state index is -1.13. The number of hydrogen-bond acceptors (Lipinski definition) is 3. The Bertz CT molecular complexity index is 410. The second-order valence-corrected chi connectivity index (χ2v) is 4.84. The Morgan fingerprint density at radius 3 is 2.41 bits per heavy atom. The molecule has 0 saturated carbocycles. The molecule has 2 N–H and O–H groups in total. The van der Waals surface area contributed by atoms with Gasteiger partial charge in [0, 0.05) is 6.20 Å². The molecular formula is C12H16N2O3. The highest BCUT2D eigenvalue weighted by Crippen LogP contribution is 2.27. The summed E-state index contributed by atoms with van der Waals surface area (Å²) in [6, 6.07) is 5.04. The van der Waals surface area contributed by atoms with Crippen molar-refractivity contribution in [1.29, 1.82) is 0 Å². The van der Waals surface area contributed by atoms with Crippen LogP contribution in [0, 0.1) is 11.3 Å². The first-order valence-corrected chi connectivity index (χ1v) is 5.27. The highest BCUT2D eigenvalue weighted by atomic mass is 16.4. The number of nitrogens with one attached hydrogen (secondary N) is 1. The third-order valence-electron chi connectivity index (χ3n) is 2.29. The van der Waals surface area contributed by atoms with Crippen LogP contribution in [0.1, 0.15) is 20.8 Å². The number of rotatable bonds is 3. The molecule has 0 aliphatic carbocycles. The standard InChI is InChI=1S/C12H16N2O3/c1-12(2,3)9(11(16)17)10(15)14-8-6-4-5-7-13-8/h4-7,9H,1-3H3,(H,16,17)(H,13,14,15). The molecule has 0 bridgehead atoms. The molecule has 5 nitrogen and oxygen atoms in total. The van der Waals surface area contributed by atoms with Gasteiger partial charge in [0.15, 0.2) is 0 Å². The van der Waals surface area contributed by atoms with Crippen molar-refractivity contribution >= 4 is 17.7 Å². The number of aliphatic carboxylic acids is 1. The molecule has 5 heteroatoms. The number of amides is 1. The summed E-state index contributed by atoms with van der Waals surface area (Å²) in [5.41, 5.74) is -0.648. The lowest BCUT2D eigenvalue weighted by Gasteiger charge is -2.25. The summed E-state index contributed by atoms with van der Waals surface area (Å²) in [6.45, 7) is 5.14. The predicted octanol–water partition coefficient (Wildman–Crippen LogP) is 1.77. The minimum Gasteiger partial charge on any atom is -0.481 e. The summed E-state index contributed by atoms with van der Waals surface area (Å²) in [5.74, 6) is -2.44. The number of carbonyl (C=O) groups is 2. The van der Waals surface area contributed by atoms with Gasteiger partial charge in [-0.1, -0.05) is 26.8 Å². The molecule has 1 heterocycles. The molecule has 1 aromatic rings.